The largest absolute Gasteiger partial charge is 0.327 e. The number of hydrogen-bond donors (Lipinski definition) is 0. The standard InChI is InChI=1S/C29H30N2/c1-22-9-7-12-26(16-22)29(27-17-23(2)15-24(3)18-27)14-8-13-28-19-30-21-31(28)20-25-10-5-4-6-11-25/h4-13,15-19,21,29H,14,20H2,1-3H3/b13-8+. The van der Waals surface area contributed by atoms with Crippen molar-refractivity contribution in [1.82, 2.24) is 9.55 Å². The van der Waals surface area contributed by atoms with Gasteiger partial charge in [0.1, 0.15) is 0 Å². The molecule has 0 fully saturated rings. The highest BCUT2D eigenvalue weighted by Crippen LogP contribution is 2.30. The van der Waals surface area contributed by atoms with E-state index in [1.165, 1.54) is 33.4 Å². The second-order valence-electron chi connectivity index (χ2n) is 8.46. The van der Waals surface area contributed by atoms with Gasteiger partial charge in [0.25, 0.3) is 0 Å². The van der Waals surface area contributed by atoms with Crippen LogP contribution in [0, 0.1) is 20.8 Å². The molecule has 156 valence electrons. The van der Waals surface area contributed by atoms with Crippen LogP contribution in [-0.4, -0.2) is 9.55 Å². The van der Waals surface area contributed by atoms with Crippen molar-refractivity contribution in [2.75, 3.05) is 0 Å². The smallest absolute Gasteiger partial charge is 0.0953 e. The molecule has 0 spiro atoms. The number of hydrogen-bond acceptors (Lipinski definition) is 1. The third-order valence-electron chi connectivity index (χ3n) is 5.69. The summed E-state index contributed by atoms with van der Waals surface area (Å²) in [6, 6.07) is 26.3. The lowest BCUT2D eigenvalue weighted by Gasteiger charge is -2.18. The molecule has 0 aliphatic rings. The third-order valence-corrected chi connectivity index (χ3v) is 5.69. The Hall–Kier alpha value is -3.39. The van der Waals surface area contributed by atoms with Gasteiger partial charge in [-0.2, -0.15) is 0 Å². The van der Waals surface area contributed by atoms with E-state index in [4.69, 9.17) is 0 Å². The Balaban J connectivity index is 1.59. The zero-order chi connectivity index (χ0) is 21.6. The van der Waals surface area contributed by atoms with Crippen molar-refractivity contribution >= 4 is 6.08 Å². The average Bonchev–Trinajstić information content (AvgIpc) is 3.18. The molecule has 0 saturated carbocycles. The topological polar surface area (TPSA) is 17.8 Å². The molecule has 31 heavy (non-hydrogen) atoms. The van der Waals surface area contributed by atoms with Gasteiger partial charge in [0.15, 0.2) is 0 Å². The molecule has 1 heterocycles. The van der Waals surface area contributed by atoms with Crippen LogP contribution in [-0.2, 0) is 6.54 Å². The van der Waals surface area contributed by atoms with E-state index in [0.29, 0.717) is 5.92 Å². The van der Waals surface area contributed by atoms with E-state index in [0.717, 1.165) is 18.7 Å². The molecular formula is C29H30N2. The molecule has 3 aromatic carbocycles. The van der Waals surface area contributed by atoms with Crippen molar-refractivity contribution in [3.8, 4) is 0 Å². The molecule has 0 amide bonds. The summed E-state index contributed by atoms with van der Waals surface area (Å²) in [5.74, 6) is 0.334. The Morgan fingerprint density at radius 3 is 2.29 bits per heavy atom. The van der Waals surface area contributed by atoms with Gasteiger partial charge >= 0.3 is 0 Å². The van der Waals surface area contributed by atoms with Gasteiger partial charge in [-0.15, -0.1) is 0 Å². The van der Waals surface area contributed by atoms with Gasteiger partial charge in [-0.3, -0.25) is 0 Å². The van der Waals surface area contributed by atoms with Crippen LogP contribution in [0.1, 0.15) is 51.4 Å². The Labute approximate surface area is 185 Å². The first-order chi connectivity index (χ1) is 15.1. The first kappa shape index (κ1) is 20.9. The highest BCUT2D eigenvalue weighted by molar-refractivity contribution is 5.46. The zero-order valence-electron chi connectivity index (χ0n) is 18.6. The van der Waals surface area contributed by atoms with Crippen LogP contribution in [0.2, 0.25) is 0 Å². The summed E-state index contributed by atoms with van der Waals surface area (Å²) in [6.07, 6.45) is 9.31. The molecular weight excluding hydrogens is 376 g/mol. The number of aromatic nitrogens is 2. The van der Waals surface area contributed by atoms with Crippen LogP contribution in [0.3, 0.4) is 0 Å². The first-order valence-corrected chi connectivity index (χ1v) is 10.9. The minimum Gasteiger partial charge on any atom is -0.327 e. The monoisotopic (exact) mass is 406 g/mol. The Morgan fingerprint density at radius 2 is 1.55 bits per heavy atom. The van der Waals surface area contributed by atoms with E-state index in [-0.39, 0.29) is 0 Å². The molecule has 2 nitrogen and oxygen atoms in total. The summed E-state index contributed by atoms with van der Waals surface area (Å²) in [6.45, 7) is 7.36. The van der Waals surface area contributed by atoms with Crippen molar-refractivity contribution in [2.24, 2.45) is 0 Å². The van der Waals surface area contributed by atoms with Crippen molar-refractivity contribution in [3.63, 3.8) is 0 Å². The van der Waals surface area contributed by atoms with Gasteiger partial charge in [0.05, 0.1) is 18.2 Å². The molecule has 0 aliphatic heterocycles. The highest BCUT2D eigenvalue weighted by Gasteiger charge is 2.14. The molecule has 1 aromatic heterocycles. The predicted octanol–water partition coefficient (Wildman–Crippen LogP) is 7.09. The molecule has 0 bridgehead atoms. The van der Waals surface area contributed by atoms with Crippen molar-refractivity contribution in [1.29, 1.82) is 0 Å². The Kier molecular flexibility index (Phi) is 6.47. The molecule has 1 atom stereocenters. The van der Waals surface area contributed by atoms with E-state index in [1.54, 1.807) is 0 Å². The number of aryl methyl sites for hydroxylation is 3. The highest BCUT2D eigenvalue weighted by atomic mass is 15.0. The van der Waals surface area contributed by atoms with Gasteiger partial charge in [0, 0.05) is 12.5 Å². The third kappa shape index (κ3) is 5.40. The number of rotatable bonds is 7. The van der Waals surface area contributed by atoms with Crippen molar-refractivity contribution in [3.05, 3.63) is 130 Å². The fourth-order valence-electron chi connectivity index (χ4n) is 4.27. The summed E-state index contributed by atoms with van der Waals surface area (Å²) in [7, 11) is 0. The van der Waals surface area contributed by atoms with E-state index in [1.807, 2.05) is 12.5 Å². The molecule has 0 N–H and O–H groups in total. The van der Waals surface area contributed by atoms with Gasteiger partial charge in [-0.1, -0.05) is 95.6 Å². The summed E-state index contributed by atoms with van der Waals surface area (Å²) >= 11 is 0. The Morgan fingerprint density at radius 1 is 0.806 bits per heavy atom. The zero-order valence-corrected chi connectivity index (χ0v) is 18.6. The normalized spacial score (nSPS) is 12.4. The van der Waals surface area contributed by atoms with E-state index in [2.05, 4.69) is 115 Å². The molecule has 0 saturated heterocycles. The fraction of sp³-hybridized carbons (Fsp3) is 0.207. The minimum absolute atomic E-state index is 0.334. The molecule has 1 unspecified atom stereocenters. The van der Waals surface area contributed by atoms with Crippen LogP contribution in [0.4, 0.5) is 0 Å². The maximum absolute atomic E-state index is 4.38. The SMILES string of the molecule is Cc1cccc(C(C/C=C/c2cncn2Cc2ccccc2)c2cc(C)cc(C)c2)c1. The second kappa shape index (κ2) is 9.61. The Bertz CT molecular complexity index is 1150. The van der Waals surface area contributed by atoms with Gasteiger partial charge in [-0.25, -0.2) is 4.98 Å². The first-order valence-electron chi connectivity index (χ1n) is 10.9. The number of imidazole rings is 1. The van der Waals surface area contributed by atoms with E-state index >= 15 is 0 Å². The van der Waals surface area contributed by atoms with Gasteiger partial charge in [0.2, 0.25) is 0 Å². The maximum Gasteiger partial charge on any atom is 0.0953 e. The maximum atomic E-state index is 4.38. The van der Waals surface area contributed by atoms with Crippen molar-refractivity contribution < 1.29 is 0 Å². The number of nitrogens with zero attached hydrogens (tertiary/aromatic N) is 2. The minimum atomic E-state index is 0.334. The number of allylic oxidation sites excluding steroid dienone is 1. The van der Waals surface area contributed by atoms with Crippen LogP contribution < -0.4 is 0 Å². The molecule has 2 heteroatoms. The van der Waals surface area contributed by atoms with E-state index in [9.17, 15) is 0 Å². The number of benzene rings is 3. The quantitative estimate of drug-likeness (QED) is 0.320. The molecule has 4 aromatic rings. The molecule has 0 aliphatic carbocycles. The molecule has 0 radical (unpaired) electrons. The average molecular weight is 407 g/mol. The fourth-order valence-corrected chi connectivity index (χ4v) is 4.27. The van der Waals surface area contributed by atoms with Crippen molar-refractivity contribution in [2.45, 2.75) is 39.7 Å². The molecule has 4 rings (SSSR count). The second-order valence-corrected chi connectivity index (χ2v) is 8.46. The van der Waals surface area contributed by atoms with Gasteiger partial charge < -0.3 is 4.57 Å². The lowest BCUT2D eigenvalue weighted by molar-refractivity contribution is 0.787. The summed E-state index contributed by atoms with van der Waals surface area (Å²) in [5, 5.41) is 0. The van der Waals surface area contributed by atoms with Crippen LogP contribution in [0.25, 0.3) is 6.08 Å². The van der Waals surface area contributed by atoms with Crippen LogP contribution in [0.15, 0.2) is 91.4 Å². The van der Waals surface area contributed by atoms with E-state index < -0.39 is 0 Å². The van der Waals surface area contributed by atoms with Crippen LogP contribution >= 0.6 is 0 Å². The van der Waals surface area contributed by atoms with Gasteiger partial charge in [-0.05, 0) is 50.0 Å². The lowest BCUT2D eigenvalue weighted by Crippen LogP contribution is -2.02. The summed E-state index contributed by atoms with van der Waals surface area (Å²) in [5.41, 5.74) is 9.10. The summed E-state index contributed by atoms with van der Waals surface area (Å²) < 4.78 is 2.20. The lowest BCUT2D eigenvalue weighted by atomic mass is 9.86. The summed E-state index contributed by atoms with van der Waals surface area (Å²) in [4.78, 5) is 4.38. The van der Waals surface area contributed by atoms with Crippen LogP contribution in [0.5, 0.6) is 0 Å². The predicted molar refractivity (Wildman–Crippen MR) is 130 cm³/mol.